The van der Waals surface area contributed by atoms with E-state index in [1.807, 2.05) is 0 Å². The molecule has 13 heteroatoms. The molecule has 180 valence electrons. The van der Waals surface area contributed by atoms with Crippen molar-refractivity contribution in [2.75, 3.05) is 24.8 Å². The van der Waals surface area contributed by atoms with Gasteiger partial charge in [0.05, 0.1) is 25.2 Å². The van der Waals surface area contributed by atoms with Crippen LogP contribution in [0.25, 0.3) is 0 Å². The molecule has 0 bridgehead atoms. The summed E-state index contributed by atoms with van der Waals surface area (Å²) >= 11 is 0. The van der Waals surface area contributed by atoms with E-state index in [1.54, 1.807) is 30.3 Å². The van der Waals surface area contributed by atoms with E-state index in [-0.39, 0.29) is 6.61 Å². The third kappa shape index (κ3) is 7.81. The lowest BCUT2D eigenvalue weighted by atomic mass is 9.97. The van der Waals surface area contributed by atoms with Crippen LogP contribution in [-0.2, 0) is 59.3 Å². The second-order valence-corrected chi connectivity index (χ2v) is 10.8. The van der Waals surface area contributed by atoms with Crippen molar-refractivity contribution in [2.24, 2.45) is 0 Å². The van der Waals surface area contributed by atoms with Crippen molar-refractivity contribution in [3.8, 4) is 0 Å². The first-order chi connectivity index (χ1) is 15.3. The summed E-state index contributed by atoms with van der Waals surface area (Å²) in [5, 5.41) is 0. The standard InChI is InChI=1S/C19H26O11S2/c1-13(20)28-16-17(26-10-15-8-6-5-7-9-15)19(12-31(3,22)23,11-27-32(4,24)25)30-18(16)29-14(2)21/h5-9,16-18H,10-12H2,1-4H3/t16-,17+,18?,19+/m1/s1/i4D. The van der Waals surface area contributed by atoms with Crippen molar-refractivity contribution in [1.29, 1.82) is 0 Å². The van der Waals surface area contributed by atoms with Gasteiger partial charge in [0, 0.05) is 21.5 Å². The first-order valence-corrected chi connectivity index (χ1v) is 12.9. The van der Waals surface area contributed by atoms with Gasteiger partial charge in [0.15, 0.2) is 6.10 Å². The van der Waals surface area contributed by atoms with Gasteiger partial charge in [0.2, 0.25) is 6.29 Å². The first-order valence-electron chi connectivity index (χ1n) is 9.99. The lowest BCUT2D eigenvalue weighted by Gasteiger charge is -2.33. The second kappa shape index (κ2) is 10.3. The van der Waals surface area contributed by atoms with Gasteiger partial charge in [-0.05, 0) is 5.56 Å². The fourth-order valence-electron chi connectivity index (χ4n) is 3.29. The summed E-state index contributed by atoms with van der Waals surface area (Å²) in [6.45, 7) is 1.15. The number of rotatable bonds is 10. The van der Waals surface area contributed by atoms with Gasteiger partial charge in [-0.2, -0.15) is 8.42 Å². The van der Waals surface area contributed by atoms with Crippen LogP contribution < -0.4 is 0 Å². The lowest BCUT2D eigenvalue weighted by Crippen LogP contribution is -2.54. The zero-order valence-electron chi connectivity index (χ0n) is 18.8. The molecule has 0 spiro atoms. The van der Waals surface area contributed by atoms with Gasteiger partial charge in [0.1, 0.15) is 21.5 Å². The molecule has 0 aromatic heterocycles. The molecule has 1 aliphatic heterocycles. The Morgan fingerprint density at radius 2 is 1.72 bits per heavy atom. The molecule has 32 heavy (non-hydrogen) atoms. The third-order valence-corrected chi connectivity index (χ3v) is 5.77. The maximum atomic E-state index is 12.3. The van der Waals surface area contributed by atoms with Gasteiger partial charge in [-0.1, -0.05) is 30.3 Å². The van der Waals surface area contributed by atoms with Crippen molar-refractivity contribution >= 4 is 31.9 Å². The molecule has 1 aromatic rings. The number of carbonyl (C=O) groups excluding carboxylic acids is 2. The highest BCUT2D eigenvalue weighted by atomic mass is 32.2. The van der Waals surface area contributed by atoms with E-state index >= 15 is 0 Å². The summed E-state index contributed by atoms with van der Waals surface area (Å²) < 4.78 is 82.1. The van der Waals surface area contributed by atoms with Crippen LogP contribution in [0.4, 0.5) is 0 Å². The summed E-state index contributed by atoms with van der Waals surface area (Å²) in [4.78, 5) is 23.4. The minimum Gasteiger partial charge on any atom is -0.453 e. The summed E-state index contributed by atoms with van der Waals surface area (Å²) in [7, 11) is -8.22. The molecule has 0 N–H and O–H groups in total. The van der Waals surface area contributed by atoms with Gasteiger partial charge >= 0.3 is 11.9 Å². The average molecular weight is 496 g/mol. The quantitative estimate of drug-likeness (QED) is 0.323. The third-order valence-electron chi connectivity index (χ3n) is 4.28. The molecule has 0 amide bonds. The highest BCUT2D eigenvalue weighted by Gasteiger charge is 2.61. The van der Waals surface area contributed by atoms with Crippen LogP contribution in [0.5, 0.6) is 0 Å². The van der Waals surface area contributed by atoms with Gasteiger partial charge in [0.25, 0.3) is 10.1 Å². The van der Waals surface area contributed by atoms with Crippen molar-refractivity contribution in [2.45, 2.75) is 44.6 Å². The molecule has 1 saturated heterocycles. The SMILES string of the molecule is [2H]CS(=O)(=O)OC[C@@]1(CS(C)(=O)=O)OC(OC(C)=O)[C@H](OC(C)=O)[C@@H]1OCc1ccccc1. The Morgan fingerprint density at radius 3 is 2.25 bits per heavy atom. The summed E-state index contributed by atoms with van der Waals surface area (Å²) in [6, 6.07) is 8.69. The highest BCUT2D eigenvalue weighted by molar-refractivity contribution is 7.90. The molecule has 1 aromatic carbocycles. The Morgan fingerprint density at radius 1 is 1.09 bits per heavy atom. The zero-order chi connectivity index (χ0) is 24.9. The lowest BCUT2D eigenvalue weighted by molar-refractivity contribution is -0.204. The van der Waals surface area contributed by atoms with E-state index in [2.05, 4.69) is 0 Å². The second-order valence-electron chi connectivity index (χ2n) is 7.34. The van der Waals surface area contributed by atoms with Crippen molar-refractivity contribution < 1.29 is 50.9 Å². The van der Waals surface area contributed by atoms with E-state index in [4.69, 9.17) is 24.5 Å². The van der Waals surface area contributed by atoms with Crippen LogP contribution >= 0.6 is 0 Å². The Kier molecular flexibility index (Phi) is 7.88. The highest BCUT2D eigenvalue weighted by Crippen LogP contribution is 2.38. The topological polar surface area (TPSA) is 149 Å². The summed E-state index contributed by atoms with van der Waals surface area (Å²) in [5.41, 5.74) is -1.38. The van der Waals surface area contributed by atoms with Crippen LogP contribution in [0.3, 0.4) is 0 Å². The largest absolute Gasteiger partial charge is 0.453 e. The van der Waals surface area contributed by atoms with Crippen LogP contribution in [0.2, 0.25) is 0 Å². The Balaban J connectivity index is 2.53. The van der Waals surface area contributed by atoms with Crippen LogP contribution in [0, 0.1) is 0 Å². The molecule has 11 nitrogen and oxygen atoms in total. The molecular formula is C19H26O11S2. The van der Waals surface area contributed by atoms with Crippen LogP contribution in [0.15, 0.2) is 30.3 Å². The van der Waals surface area contributed by atoms with Gasteiger partial charge in [-0.25, -0.2) is 8.42 Å². The molecule has 0 aliphatic carbocycles. The van der Waals surface area contributed by atoms with Crippen LogP contribution in [0.1, 0.15) is 20.8 Å². The molecule has 1 heterocycles. The molecule has 1 aliphatic rings. The fraction of sp³-hybridized carbons (Fsp3) is 0.579. The first kappa shape index (κ1) is 24.6. The van der Waals surface area contributed by atoms with E-state index in [1.165, 1.54) is 0 Å². The van der Waals surface area contributed by atoms with Crippen molar-refractivity contribution in [3.05, 3.63) is 35.9 Å². The molecule has 1 unspecified atom stereocenters. The van der Waals surface area contributed by atoms with Gasteiger partial charge < -0.3 is 18.9 Å². The minimum absolute atomic E-state index is 0.101. The smallest absolute Gasteiger partial charge is 0.305 e. The van der Waals surface area contributed by atoms with Gasteiger partial charge in [-0.15, -0.1) is 0 Å². The Bertz CT molecular complexity index is 1040. The normalized spacial score (nSPS) is 26.3. The predicted molar refractivity (Wildman–Crippen MR) is 110 cm³/mol. The maximum absolute atomic E-state index is 12.3. The number of benzene rings is 1. The Labute approximate surface area is 188 Å². The van der Waals surface area contributed by atoms with Crippen LogP contribution in [-0.4, -0.2) is 77.7 Å². The number of ether oxygens (including phenoxy) is 4. The molecule has 4 atom stereocenters. The molecule has 1 fully saturated rings. The number of hydrogen-bond donors (Lipinski definition) is 0. The van der Waals surface area contributed by atoms with Gasteiger partial charge in [-0.3, -0.25) is 13.8 Å². The molecule has 0 radical (unpaired) electrons. The van der Waals surface area contributed by atoms with Crippen molar-refractivity contribution in [3.63, 3.8) is 0 Å². The van der Waals surface area contributed by atoms with E-state index in [0.29, 0.717) is 5.56 Å². The molecular weight excluding hydrogens is 468 g/mol. The summed E-state index contributed by atoms with van der Waals surface area (Å²) in [5.74, 6) is -2.44. The molecule has 2 rings (SSSR count). The average Bonchev–Trinajstić information content (AvgIpc) is 2.95. The van der Waals surface area contributed by atoms with Crippen molar-refractivity contribution in [1.82, 2.24) is 0 Å². The number of carbonyl (C=O) groups is 2. The summed E-state index contributed by atoms with van der Waals surface area (Å²) in [6.07, 6.45) is -4.69. The van der Waals surface area contributed by atoms with E-state index in [0.717, 1.165) is 20.1 Å². The number of esters is 2. The molecule has 0 saturated carbocycles. The monoisotopic (exact) mass is 495 g/mol. The van der Waals surface area contributed by atoms with E-state index in [9.17, 15) is 26.4 Å². The zero-order valence-corrected chi connectivity index (χ0v) is 19.4. The Hall–Kier alpha value is -2.06. The minimum atomic E-state index is -4.35. The predicted octanol–water partition coefficient (Wildman–Crippen LogP) is 0.183. The maximum Gasteiger partial charge on any atom is 0.305 e. The number of hydrogen-bond acceptors (Lipinski definition) is 11. The fourth-order valence-corrected chi connectivity index (χ4v) is 4.87. The van der Waals surface area contributed by atoms with E-state index < -0.39 is 74.6 Å². The number of sulfone groups is 1.